The Morgan fingerprint density at radius 1 is 0.952 bits per heavy atom. The fourth-order valence-corrected chi connectivity index (χ4v) is 2.39. The first-order chi connectivity index (χ1) is 10.2. The largest absolute Gasteiger partial charge is 0.497 e. The molecule has 0 aromatic heterocycles. The summed E-state index contributed by atoms with van der Waals surface area (Å²) in [6, 6.07) is 17.5. The molecule has 0 aliphatic heterocycles. The molecule has 0 aliphatic rings. The minimum Gasteiger partial charge on any atom is -0.497 e. The van der Waals surface area contributed by atoms with Crippen molar-refractivity contribution >= 4 is 0 Å². The van der Waals surface area contributed by atoms with E-state index in [1.165, 1.54) is 23.1 Å². The molecule has 2 aromatic carbocycles. The minimum atomic E-state index is 0.350. The quantitative estimate of drug-likeness (QED) is 0.808. The number of hydrogen-bond acceptors (Lipinski definition) is 2. The maximum atomic E-state index is 5.17. The van der Waals surface area contributed by atoms with Crippen LogP contribution >= 0.6 is 0 Å². The first kappa shape index (κ1) is 15.6. The third kappa shape index (κ3) is 4.61. The lowest BCUT2D eigenvalue weighted by atomic mass is 10.0. The summed E-state index contributed by atoms with van der Waals surface area (Å²) in [4.78, 5) is 0. The molecule has 2 nitrogen and oxygen atoms in total. The van der Waals surface area contributed by atoms with Gasteiger partial charge in [-0.25, -0.2) is 0 Å². The Labute approximate surface area is 128 Å². The van der Waals surface area contributed by atoms with E-state index < -0.39 is 0 Å². The van der Waals surface area contributed by atoms with E-state index in [1.807, 2.05) is 12.1 Å². The van der Waals surface area contributed by atoms with Crippen LogP contribution < -0.4 is 10.1 Å². The van der Waals surface area contributed by atoms with E-state index in [0.29, 0.717) is 6.04 Å². The number of ether oxygens (including phenoxy) is 1. The zero-order chi connectivity index (χ0) is 15.1. The molecule has 2 rings (SSSR count). The van der Waals surface area contributed by atoms with Gasteiger partial charge in [-0.1, -0.05) is 49.7 Å². The van der Waals surface area contributed by atoms with Gasteiger partial charge in [-0.3, -0.25) is 0 Å². The summed E-state index contributed by atoms with van der Waals surface area (Å²) in [5.74, 6) is 0.901. The molecule has 21 heavy (non-hydrogen) atoms. The van der Waals surface area contributed by atoms with Crippen LogP contribution in [0.1, 0.15) is 43.0 Å². The molecule has 0 saturated heterocycles. The standard InChI is InChI=1S/C19H25NO/c1-4-5-16-6-10-18(11-7-16)15(2)20-14-17-8-12-19(21-3)13-9-17/h6-13,15,20H,4-5,14H2,1-3H3. The average Bonchev–Trinajstić information content (AvgIpc) is 2.54. The van der Waals surface area contributed by atoms with Gasteiger partial charge in [0.05, 0.1) is 7.11 Å². The Bertz CT molecular complexity index is 530. The molecule has 0 amide bonds. The molecule has 0 fully saturated rings. The lowest BCUT2D eigenvalue weighted by Gasteiger charge is -2.15. The maximum Gasteiger partial charge on any atom is 0.118 e. The first-order valence-electron chi connectivity index (χ1n) is 7.68. The Kier molecular flexibility index (Phi) is 5.82. The van der Waals surface area contributed by atoms with Gasteiger partial charge in [-0.2, -0.15) is 0 Å². The highest BCUT2D eigenvalue weighted by atomic mass is 16.5. The molecular weight excluding hydrogens is 258 g/mol. The number of nitrogens with one attached hydrogen (secondary N) is 1. The minimum absolute atomic E-state index is 0.350. The second kappa shape index (κ2) is 7.84. The fraction of sp³-hybridized carbons (Fsp3) is 0.368. The van der Waals surface area contributed by atoms with Crippen LogP contribution in [-0.4, -0.2) is 7.11 Å². The van der Waals surface area contributed by atoms with Gasteiger partial charge in [0.25, 0.3) is 0 Å². The summed E-state index contributed by atoms with van der Waals surface area (Å²) in [6.07, 6.45) is 2.36. The maximum absolute atomic E-state index is 5.17. The SMILES string of the molecule is CCCc1ccc(C(C)NCc2ccc(OC)cc2)cc1. The highest BCUT2D eigenvalue weighted by Crippen LogP contribution is 2.16. The number of benzene rings is 2. The van der Waals surface area contributed by atoms with Crippen LogP contribution in [0.25, 0.3) is 0 Å². The van der Waals surface area contributed by atoms with Gasteiger partial charge >= 0.3 is 0 Å². The van der Waals surface area contributed by atoms with E-state index in [2.05, 4.69) is 55.6 Å². The molecule has 0 radical (unpaired) electrons. The molecule has 1 atom stereocenters. The van der Waals surface area contributed by atoms with Crippen LogP contribution in [0.3, 0.4) is 0 Å². The summed E-state index contributed by atoms with van der Waals surface area (Å²) in [5, 5.41) is 3.56. The van der Waals surface area contributed by atoms with E-state index in [0.717, 1.165) is 18.7 Å². The van der Waals surface area contributed by atoms with Crippen molar-refractivity contribution in [3.63, 3.8) is 0 Å². The Morgan fingerprint density at radius 2 is 1.57 bits per heavy atom. The normalized spacial score (nSPS) is 12.1. The van der Waals surface area contributed by atoms with E-state index in [4.69, 9.17) is 4.74 Å². The Hall–Kier alpha value is -1.80. The topological polar surface area (TPSA) is 21.3 Å². The number of hydrogen-bond donors (Lipinski definition) is 1. The van der Waals surface area contributed by atoms with Gasteiger partial charge in [-0.05, 0) is 42.2 Å². The molecule has 0 saturated carbocycles. The molecule has 1 unspecified atom stereocenters. The zero-order valence-corrected chi connectivity index (χ0v) is 13.2. The molecule has 0 bridgehead atoms. The van der Waals surface area contributed by atoms with Crippen molar-refractivity contribution in [1.82, 2.24) is 5.32 Å². The van der Waals surface area contributed by atoms with E-state index >= 15 is 0 Å². The first-order valence-corrected chi connectivity index (χ1v) is 7.68. The zero-order valence-electron chi connectivity index (χ0n) is 13.2. The predicted molar refractivity (Wildman–Crippen MR) is 88.7 cm³/mol. The molecule has 0 spiro atoms. The molecule has 2 aromatic rings. The van der Waals surface area contributed by atoms with Crippen LogP contribution in [0.5, 0.6) is 5.75 Å². The van der Waals surface area contributed by atoms with E-state index in [9.17, 15) is 0 Å². The highest BCUT2D eigenvalue weighted by Gasteiger charge is 2.05. The van der Waals surface area contributed by atoms with Crippen molar-refractivity contribution in [2.75, 3.05) is 7.11 Å². The van der Waals surface area contributed by atoms with E-state index in [-0.39, 0.29) is 0 Å². The molecule has 0 heterocycles. The Balaban J connectivity index is 1.89. The van der Waals surface area contributed by atoms with Crippen molar-refractivity contribution in [1.29, 1.82) is 0 Å². The van der Waals surface area contributed by atoms with E-state index in [1.54, 1.807) is 7.11 Å². The van der Waals surface area contributed by atoms with Gasteiger partial charge in [0, 0.05) is 12.6 Å². The number of methoxy groups -OCH3 is 1. The fourth-order valence-electron chi connectivity index (χ4n) is 2.39. The lowest BCUT2D eigenvalue weighted by molar-refractivity contribution is 0.414. The van der Waals surface area contributed by atoms with Gasteiger partial charge in [0.15, 0.2) is 0 Å². The second-order valence-electron chi connectivity index (χ2n) is 5.44. The number of rotatable bonds is 7. The van der Waals surface area contributed by atoms with Crippen LogP contribution in [0.2, 0.25) is 0 Å². The van der Waals surface area contributed by atoms with Crippen molar-refractivity contribution in [3.05, 3.63) is 65.2 Å². The molecule has 112 valence electrons. The highest BCUT2D eigenvalue weighted by molar-refractivity contribution is 5.28. The Morgan fingerprint density at radius 3 is 2.14 bits per heavy atom. The summed E-state index contributed by atoms with van der Waals surface area (Å²) in [5.41, 5.74) is 4.03. The van der Waals surface area contributed by atoms with Crippen molar-refractivity contribution in [3.8, 4) is 5.75 Å². The van der Waals surface area contributed by atoms with Gasteiger partial charge in [0.1, 0.15) is 5.75 Å². The van der Waals surface area contributed by atoms with Crippen LogP contribution in [-0.2, 0) is 13.0 Å². The van der Waals surface area contributed by atoms with Crippen molar-refractivity contribution < 1.29 is 4.74 Å². The van der Waals surface area contributed by atoms with Gasteiger partial charge in [-0.15, -0.1) is 0 Å². The van der Waals surface area contributed by atoms with Gasteiger partial charge < -0.3 is 10.1 Å². The molecule has 1 N–H and O–H groups in total. The number of aryl methyl sites for hydroxylation is 1. The third-order valence-electron chi connectivity index (χ3n) is 3.79. The summed E-state index contributed by atoms with van der Waals surface area (Å²) >= 11 is 0. The van der Waals surface area contributed by atoms with Crippen molar-refractivity contribution in [2.24, 2.45) is 0 Å². The lowest BCUT2D eigenvalue weighted by Crippen LogP contribution is -2.18. The van der Waals surface area contributed by atoms with Crippen molar-refractivity contribution in [2.45, 2.75) is 39.3 Å². The molecular formula is C19H25NO. The van der Waals surface area contributed by atoms with Crippen LogP contribution in [0.4, 0.5) is 0 Å². The monoisotopic (exact) mass is 283 g/mol. The summed E-state index contributed by atoms with van der Waals surface area (Å²) < 4.78 is 5.17. The predicted octanol–water partition coefficient (Wildman–Crippen LogP) is 4.50. The van der Waals surface area contributed by atoms with Gasteiger partial charge in [0.2, 0.25) is 0 Å². The average molecular weight is 283 g/mol. The second-order valence-corrected chi connectivity index (χ2v) is 5.44. The molecule has 0 aliphatic carbocycles. The summed E-state index contributed by atoms with van der Waals surface area (Å²) in [7, 11) is 1.69. The summed E-state index contributed by atoms with van der Waals surface area (Å²) in [6.45, 7) is 5.28. The van der Waals surface area contributed by atoms with Crippen LogP contribution in [0.15, 0.2) is 48.5 Å². The third-order valence-corrected chi connectivity index (χ3v) is 3.79. The smallest absolute Gasteiger partial charge is 0.118 e. The molecule has 2 heteroatoms. The van der Waals surface area contributed by atoms with Crippen LogP contribution in [0, 0.1) is 0 Å².